The zero-order valence-corrected chi connectivity index (χ0v) is 23.1. The number of halogens is 3. The van der Waals surface area contributed by atoms with Crippen molar-refractivity contribution in [1.29, 1.82) is 5.26 Å². The second-order valence-electron chi connectivity index (χ2n) is 10.4. The molecule has 0 saturated heterocycles. The molecule has 214 valence electrons. The van der Waals surface area contributed by atoms with Crippen molar-refractivity contribution in [2.75, 3.05) is 26.7 Å². The van der Waals surface area contributed by atoms with Crippen LogP contribution in [0, 0.1) is 11.3 Å². The van der Waals surface area contributed by atoms with Gasteiger partial charge in [-0.2, -0.15) is 18.4 Å². The first-order chi connectivity index (χ1) is 19.1. The zero-order valence-electron chi connectivity index (χ0n) is 23.1. The number of amides is 2. The van der Waals surface area contributed by atoms with Crippen LogP contribution in [0.25, 0.3) is 0 Å². The Balaban J connectivity index is 1.46. The normalized spacial score (nSPS) is 21.2. The second-order valence-corrected chi connectivity index (χ2v) is 10.4. The van der Waals surface area contributed by atoms with E-state index in [1.54, 1.807) is 31.1 Å². The Morgan fingerprint density at radius 2 is 1.95 bits per heavy atom. The third-order valence-electron chi connectivity index (χ3n) is 7.52. The number of hydrogen-bond donors (Lipinski definition) is 1. The van der Waals surface area contributed by atoms with Gasteiger partial charge in [0.25, 0.3) is 5.91 Å². The molecular weight excluding hydrogens is 517 g/mol. The van der Waals surface area contributed by atoms with E-state index in [1.807, 2.05) is 30.4 Å². The molecule has 9 heteroatoms. The Labute approximate surface area is 234 Å². The van der Waals surface area contributed by atoms with Crippen LogP contribution in [0.15, 0.2) is 72.0 Å². The van der Waals surface area contributed by atoms with E-state index in [1.165, 1.54) is 17.0 Å². The summed E-state index contributed by atoms with van der Waals surface area (Å²) in [6.45, 7) is 3.22. The highest BCUT2D eigenvalue weighted by molar-refractivity contribution is 5.92. The highest BCUT2D eigenvalue weighted by atomic mass is 19.4. The van der Waals surface area contributed by atoms with E-state index in [0.717, 1.165) is 18.1 Å². The molecule has 0 unspecified atom stereocenters. The average Bonchev–Trinajstić information content (AvgIpc) is 3.23. The number of nitriles is 1. The molecule has 0 aromatic heterocycles. The Morgan fingerprint density at radius 3 is 2.62 bits per heavy atom. The second kappa shape index (κ2) is 14.1. The van der Waals surface area contributed by atoms with Gasteiger partial charge in [-0.05, 0) is 69.2 Å². The van der Waals surface area contributed by atoms with Crippen LogP contribution in [-0.2, 0) is 21.2 Å². The van der Waals surface area contributed by atoms with Crippen molar-refractivity contribution in [3.8, 4) is 6.07 Å². The minimum absolute atomic E-state index is 0.0691. The van der Waals surface area contributed by atoms with Crippen molar-refractivity contribution in [2.45, 2.75) is 63.1 Å². The first-order valence-electron chi connectivity index (χ1n) is 13.6. The van der Waals surface area contributed by atoms with E-state index in [-0.39, 0.29) is 17.5 Å². The van der Waals surface area contributed by atoms with Gasteiger partial charge in [-0.25, -0.2) is 0 Å². The molecule has 1 saturated carbocycles. The lowest BCUT2D eigenvalue weighted by molar-refractivity contribution is -0.138. The molecule has 40 heavy (non-hydrogen) atoms. The van der Waals surface area contributed by atoms with Crippen molar-refractivity contribution >= 4 is 12.3 Å². The standard InChI is InChI=1S/C31H37F3N4O2/c1-24(20-38(23-39)21-25-10-5-3-4-6-11-25)29(40)37(2)19-9-18-36-26-14-16-30(22-35,17-15-26)27-12-7-8-13-28(27)31(32,33)34/h3-5,7-8,10-13,20,23,26,36H,6,9,14-19,21H2,1-2H3/b24-20-. The van der Waals surface area contributed by atoms with Crippen LogP contribution >= 0.6 is 0 Å². The molecule has 0 radical (unpaired) electrons. The summed E-state index contributed by atoms with van der Waals surface area (Å²) in [5, 5.41) is 13.3. The summed E-state index contributed by atoms with van der Waals surface area (Å²) in [5.74, 6) is -0.168. The molecule has 0 spiro atoms. The van der Waals surface area contributed by atoms with E-state index < -0.39 is 17.2 Å². The molecule has 1 aromatic carbocycles. The maximum absolute atomic E-state index is 13.6. The van der Waals surface area contributed by atoms with Gasteiger partial charge in [0.15, 0.2) is 0 Å². The predicted octanol–water partition coefficient (Wildman–Crippen LogP) is 5.65. The van der Waals surface area contributed by atoms with Gasteiger partial charge in [0.2, 0.25) is 6.41 Å². The lowest BCUT2D eigenvalue weighted by atomic mass is 9.68. The van der Waals surface area contributed by atoms with Crippen molar-refractivity contribution in [1.82, 2.24) is 15.1 Å². The third kappa shape index (κ3) is 8.18. The number of benzene rings is 1. The van der Waals surface area contributed by atoms with Crippen molar-refractivity contribution in [3.05, 3.63) is 83.1 Å². The number of allylic oxidation sites excluding steroid dienone is 4. The van der Waals surface area contributed by atoms with Gasteiger partial charge < -0.3 is 15.1 Å². The predicted molar refractivity (Wildman–Crippen MR) is 149 cm³/mol. The van der Waals surface area contributed by atoms with Gasteiger partial charge in [-0.15, -0.1) is 0 Å². The molecule has 3 rings (SSSR count). The van der Waals surface area contributed by atoms with Crippen LogP contribution in [0.1, 0.15) is 56.6 Å². The molecule has 1 N–H and O–H groups in total. The molecule has 0 aliphatic heterocycles. The van der Waals surface area contributed by atoms with Gasteiger partial charge in [0, 0.05) is 38.0 Å². The SMILES string of the molecule is C/C(=C/N(C=O)CC1=CCC=CC=C1)C(=O)N(C)CCCNC1CCC(C#N)(c2ccccc2C(F)(F)F)CC1. The molecule has 2 amide bonds. The monoisotopic (exact) mass is 554 g/mol. The first-order valence-corrected chi connectivity index (χ1v) is 13.6. The molecule has 0 bridgehead atoms. The summed E-state index contributed by atoms with van der Waals surface area (Å²) in [5.41, 5.74) is -0.354. The highest BCUT2D eigenvalue weighted by Gasteiger charge is 2.43. The summed E-state index contributed by atoms with van der Waals surface area (Å²) in [6, 6.07) is 7.70. The minimum Gasteiger partial charge on any atom is -0.342 e. The summed E-state index contributed by atoms with van der Waals surface area (Å²) in [7, 11) is 1.72. The molecule has 2 aliphatic rings. The Kier molecular flexibility index (Phi) is 10.9. The number of likely N-dealkylation sites (N-methyl/N-ethyl adjacent to an activating group) is 1. The van der Waals surface area contributed by atoms with E-state index in [9.17, 15) is 28.0 Å². The lowest BCUT2D eigenvalue weighted by Gasteiger charge is -2.37. The van der Waals surface area contributed by atoms with Crippen LogP contribution in [0.3, 0.4) is 0 Å². The van der Waals surface area contributed by atoms with Crippen LogP contribution in [0.2, 0.25) is 0 Å². The number of alkyl halides is 3. The van der Waals surface area contributed by atoms with Crippen LogP contribution < -0.4 is 5.32 Å². The van der Waals surface area contributed by atoms with E-state index in [0.29, 0.717) is 63.7 Å². The molecule has 6 nitrogen and oxygen atoms in total. The Bertz CT molecular complexity index is 1200. The van der Waals surface area contributed by atoms with Crippen molar-refractivity contribution in [2.24, 2.45) is 0 Å². The molecular formula is C31H37F3N4O2. The minimum atomic E-state index is -4.50. The fraction of sp³-hybridized carbons (Fsp3) is 0.452. The summed E-state index contributed by atoms with van der Waals surface area (Å²) >= 11 is 0. The fourth-order valence-corrected chi connectivity index (χ4v) is 5.30. The van der Waals surface area contributed by atoms with Crippen LogP contribution in [-0.4, -0.2) is 54.8 Å². The van der Waals surface area contributed by atoms with Gasteiger partial charge in [-0.1, -0.05) is 48.6 Å². The summed E-state index contributed by atoms with van der Waals surface area (Å²) < 4.78 is 40.7. The maximum Gasteiger partial charge on any atom is 0.416 e. The number of hydrogen-bond acceptors (Lipinski definition) is 4. The average molecular weight is 555 g/mol. The van der Waals surface area contributed by atoms with Crippen molar-refractivity contribution < 1.29 is 22.8 Å². The molecule has 0 atom stereocenters. The molecule has 2 aliphatic carbocycles. The number of rotatable bonds is 11. The number of carbonyl (C=O) groups is 2. The first kappa shape index (κ1) is 30.9. The topological polar surface area (TPSA) is 76.4 Å². The molecule has 1 aromatic rings. The van der Waals surface area contributed by atoms with Crippen LogP contribution in [0.5, 0.6) is 0 Å². The van der Waals surface area contributed by atoms with E-state index in [4.69, 9.17) is 0 Å². The number of nitrogens with one attached hydrogen (secondary N) is 1. The van der Waals surface area contributed by atoms with Crippen LogP contribution in [0.4, 0.5) is 13.2 Å². The molecule has 0 heterocycles. The summed E-state index contributed by atoms with van der Waals surface area (Å²) in [6.07, 6.45) is 11.0. The number of nitrogens with zero attached hydrogens (tertiary/aromatic N) is 3. The fourth-order valence-electron chi connectivity index (χ4n) is 5.30. The molecule has 1 fully saturated rings. The maximum atomic E-state index is 13.6. The van der Waals surface area contributed by atoms with Crippen molar-refractivity contribution in [3.63, 3.8) is 0 Å². The largest absolute Gasteiger partial charge is 0.416 e. The lowest BCUT2D eigenvalue weighted by Crippen LogP contribution is -2.41. The quantitative estimate of drug-likeness (QED) is 0.218. The zero-order chi connectivity index (χ0) is 29.2. The van der Waals surface area contributed by atoms with Gasteiger partial charge >= 0.3 is 6.18 Å². The Hall–Kier alpha value is -3.64. The van der Waals surface area contributed by atoms with E-state index >= 15 is 0 Å². The van der Waals surface area contributed by atoms with E-state index in [2.05, 4.69) is 11.4 Å². The van der Waals surface area contributed by atoms with Gasteiger partial charge in [-0.3, -0.25) is 9.59 Å². The smallest absolute Gasteiger partial charge is 0.342 e. The van der Waals surface area contributed by atoms with Gasteiger partial charge in [0.05, 0.1) is 17.0 Å². The Morgan fingerprint density at radius 1 is 1.23 bits per heavy atom. The number of carbonyl (C=O) groups excluding carboxylic acids is 2. The van der Waals surface area contributed by atoms with Gasteiger partial charge in [0.1, 0.15) is 0 Å². The summed E-state index contributed by atoms with van der Waals surface area (Å²) in [4.78, 5) is 27.5. The highest BCUT2D eigenvalue weighted by Crippen LogP contribution is 2.44. The third-order valence-corrected chi connectivity index (χ3v) is 7.52.